The number of rotatable bonds is 7. The number of esters is 1. The van der Waals surface area contributed by atoms with Gasteiger partial charge in [-0.2, -0.15) is 0 Å². The van der Waals surface area contributed by atoms with Crippen LogP contribution in [-0.4, -0.2) is 16.9 Å². The predicted octanol–water partition coefficient (Wildman–Crippen LogP) is 4.77. The summed E-state index contributed by atoms with van der Waals surface area (Å²) in [6, 6.07) is 16.4. The van der Waals surface area contributed by atoms with Crippen molar-refractivity contribution in [1.82, 2.24) is 10.3 Å². The Labute approximate surface area is 172 Å². The van der Waals surface area contributed by atoms with E-state index >= 15 is 0 Å². The molecule has 0 radical (unpaired) electrons. The van der Waals surface area contributed by atoms with Crippen molar-refractivity contribution < 1.29 is 14.3 Å². The van der Waals surface area contributed by atoms with E-state index in [1.165, 1.54) is 18.3 Å². The molecule has 0 spiro atoms. The highest BCUT2D eigenvalue weighted by molar-refractivity contribution is 7.13. The number of nitrogens with zero attached hydrogens (tertiary/aromatic N) is 1. The molecule has 3 aromatic rings. The number of thiazole rings is 1. The van der Waals surface area contributed by atoms with E-state index in [1.807, 2.05) is 41.8 Å². The van der Waals surface area contributed by atoms with Crippen LogP contribution in [0, 0.1) is 0 Å². The van der Waals surface area contributed by atoms with E-state index in [9.17, 15) is 9.59 Å². The van der Waals surface area contributed by atoms with Gasteiger partial charge in [0.25, 0.3) is 0 Å². The Hall–Kier alpha value is -2.70. The summed E-state index contributed by atoms with van der Waals surface area (Å²) in [4.78, 5) is 28.4. The van der Waals surface area contributed by atoms with Crippen LogP contribution in [0.25, 0.3) is 10.6 Å². The number of carbonyl (C=O) groups excluding carboxylic acids is 2. The summed E-state index contributed by atoms with van der Waals surface area (Å²) < 4.78 is 5.36. The number of hydrogen-bond donors (Lipinski definition) is 1. The Balaban J connectivity index is 1.61. The van der Waals surface area contributed by atoms with Crippen molar-refractivity contribution in [3.8, 4) is 10.6 Å². The Morgan fingerprint density at radius 3 is 2.57 bits per heavy atom. The van der Waals surface area contributed by atoms with Gasteiger partial charge < -0.3 is 10.1 Å². The molecule has 144 valence electrons. The molecule has 2 aromatic carbocycles. The topological polar surface area (TPSA) is 68.3 Å². The fraction of sp³-hybridized carbons (Fsp3) is 0.190. The molecule has 0 aliphatic heterocycles. The molecule has 1 heterocycles. The van der Waals surface area contributed by atoms with Gasteiger partial charge in [0, 0.05) is 22.9 Å². The van der Waals surface area contributed by atoms with Crippen LogP contribution < -0.4 is 5.32 Å². The molecule has 1 amide bonds. The molecule has 0 bridgehead atoms. The average Bonchev–Trinajstić information content (AvgIpc) is 3.16. The fourth-order valence-electron chi connectivity index (χ4n) is 2.71. The number of amides is 1. The molecular formula is C21H19ClN2O3S. The molecule has 1 N–H and O–H groups in total. The van der Waals surface area contributed by atoms with Crippen LogP contribution in [0.4, 0.5) is 0 Å². The van der Waals surface area contributed by atoms with Gasteiger partial charge in [0.1, 0.15) is 11.6 Å². The van der Waals surface area contributed by atoms with Gasteiger partial charge in [0.05, 0.1) is 18.2 Å². The van der Waals surface area contributed by atoms with Gasteiger partial charge >= 0.3 is 5.97 Å². The summed E-state index contributed by atoms with van der Waals surface area (Å²) in [5.74, 6) is -0.683. The lowest BCUT2D eigenvalue weighted by atomic mass is 10.0. The molecule has 0 aliphatic carbocycles. The molecule has 0 saturated heterocycles. The van der Waals surface area contributed by atoms with Crippen LogP contribution >= 0.6 is 22.9 Å². The highest BCUT2D eigenvalue weighted by Gasteiger charge is 2.20. The third kappa shape index (κ3) is 5.41. The number of carbonyl (C=O) groups is 2. The highest BCUT2D eigenvalue weighted by Crippen LogP contribution is 2.26. The first-order valence-electron chi connectivity index (χ1n) is 8.70. The summed E-state index contributed by atoms with van der Waals surface area (Å²) in [6.07, 6.45) is -0.0149. The zero-order valence-corrected chi connectivity index (χ0v) is 16.8. The first kappa shape index (κ1) is 20.0. The average molecular weight is 415 g/mol. The molecule has 7 heteroatoms. The normalized spacial score (nSPS) is 11.6. The van der Waals surface area contributed by atoms with Crippen molar-refractivity contribution in [2.45, 2.75) is 26.0 Å². The molecule has 1 atom stereocenters. The summed E-state index contributed by atoms with van der Waals surface area (Å²) in [5, 5.41) is 5.98. The molecule has 28 heavy (non-hydrogen) atoms. The minimum atomic E-state index is -0.547. The Kier molecular flexibility index (Phi) is 6.79. The molecular weight excluding hydrogens is 396 g/mol. The van der Waals surface area contributed by atoms with Crippen molar-refractivity contribution in [3.63, 3.8) is 0 Å². The molecule has 1 aromatic heterocycles. The second kappa shape index (κ2) is 9.48. The number of hydrogen-bond acceptors (Lipinski definition) is 5. The molecule has 5 nitrogen and oxygen atoms in total. The van der Waals surface area contributed by atoms with Crippen molar-refractivity contribution in [2.24, 2.45) is 0 Å². The van der Waals surface area contributed by atoms with Gasteiger partial charge in [-0.1, -0.05) is 60.1 Å². The van der Waals surface area contributed by atoms with Crippen LogP contribution in [0.3, 0.4) is 0 Å². The maximum atomic E-state index is 12.3. The lowest BCUT2D eigenvalue weighted by Gasteiger charge is -2.18. The smallest absolute Gasteiger partial charge is 0.308 e. The lowest BCUT2D eigenvalue weighted by molar-refractivity contribution is -0.145. The van der Waals surface area contributed by atoms with E-state index in [0.717, 1.165) is 10.6 Å². The SMILES string of the molecule is CC(=O)N[C@H](CC(=O)OCc1csc(-c2ccccc2)n1)c1ccccc1Cl. The van der Waals surface area contributed by atoms with E-state index in [0.29, 0.717) is 16.3 Å². The van der Waals surface area contributed by atoms with Crippen LogP contribution in [0.15, 0.2) is 60.0 Å². The highest BCUT2D eigenvalue weighted by atomic mass is 35.5. The summed E-state index contributed by atoms with van der Waals surface area (Å²) in [6.45, 7) is 1.48. The third-order valence-electron chi connectivity index (χ3n) is 3.98. The van der Waals surface area contributed by atoms with Gasteiger partial charge in [-0.25, -0.2) is 4.98 Å². The maximum Gasteiger partial charge on any atom is 0.308 e. The van der Waals surface area contributed by atoms with Crippen molar-refractivity contribution in [3.05, 3.63) is 76.3 Å². The zero-order chi connectivity index (χ0) is 19.9. The quantitative estimate of drug-likeness (QED) is 0.565. The second-order valence-corrected chi connectivity index (χ2v) is 7.41. The predicted molar refractivity (Wildman–Crippen MR) is 110 cm³/mol. The summed E-state index contributed by atoms with van der Waals surface area (Å²) in [7, 11) is 0. The number of benzene rings is 2. The van der Waals surface area contributed by atoms with E-state index in [2.05, 4.69) is 10.3 Å². The van der Waals surface area contributed by atoms with E-state index < -0.39 is 12.0 Å². The molecule has 3 rings (SSSR count). The minimum Gasteiger partial charge on any atom is -0.459 e. The lowest BCUT2D eigenvalue weighted by Crippen LogP contribution is -2.28. The molecule has 0 saturated carbocycles. The van der Waals surface area contributed by atoms with Gasteiger partial charge in [0.15, 0.2) is 0 Å². The summed E-state index contributed by atoms with van der Waals surface area (Å²) >= 11 is 7.71. The van der Waals surface area contributed by atoms with E-state index in [4.69, 9.17) is 16.3 Å². The van der Waals surface area contributed by atoms with Gasteiger partial charge in [-0.15, -0.1) is 11.3 Å². The zero-order valence-electron chi connectivity index (χ0n) is 15.2. The van der Waals surface area contributed by atoms with Crippen molar-refractivity contribution >= 4 is 34.8 Å². The number of aromatic nitrogens is 1. The van der Waals surface area contributed by atoms with Crippen LogP contribution in [0.1, 0.15) is 30.6 Å². The first-order chi connectivity index (χ1) is 13.5. The number of ether oxygens (including phenoxy) is 1. The largest absolute Gasteiger partial charge is 0.459 e. The standard InChI is InChI=1S/C21H19ClN2O3S/c1-14(25)23-19(17-9-5-6-10-18(17)22)11-20(26)27-12-16-13-28-21(24-16)15-7-3-2-4-8-15/h2-10,13,19H,11-12H2,1H3,(H,23,25)/t19-/m1/s1. The first-order valence-corrected chi connectivity index (χ1v) is 9.95. The van der Waals surface area contributed by atoms with E-state index in [-0.39, 0.29) is 18.9 Å². The number of nitrogens with one attached hydrogen (secondary N) is 1. The van der Waals surface area contributed by atoms with Crippen LogP contribution in [0.5, 0.6) is 0 Å². The Morgan fingerprint density at radius 2 is 1.86 bits per heavy atom. The van der Waals surface area contributed by atoms with E-state index in [1.54, 1.807) is 18.2 Å². The molecule has 0 fully saturated rings. The van der Waals surface area contributed by atoms with Crippen LogP contribution in [-0.2, 0) is 20.9 Å². The Bertz CT molecular complexity index is 959. The third-order valence-corrected chi connectivity index (χ3v) is 5.27. The fourth-order valence-corrected chi connectivity index (χ4v) is 3.79. The van der Waals surface area contributed by atoms with Gasteiger partial charge in [0.2, 0.25) is 5.91 Å². The van der Waals surface area contributed by atoms with Gasteiger partial charge in [-0.3, -0.25) is 9.59 Å². The monoisotopic (exact) mass is 414 g/mol. The maximum absolute atomic E-state index is 12.3. The number of halogens is 1. The minimum absolute atomic E-state index is 0.0149. The van der Waals surface area contributed by atoms with Crippen LogP contribution in [0.2, 0.25) is 5.02 Å². The Morgan fingerprint density at radius 1 is 1.14 bits per heavy atom. The molecule has 0 aliphatic rings. The van der Waals surface area contributed by atoms with Crippen molar-refractivity contribution in [2.75, 3.05) is 0 Å². The van der Waals surface area contributed by atoms with Gasteiger partial charge in [-0.05, 0) is 11.6 Å². The van der Waals surface area contributed by atoms with Crippen molar-refractivity contribution in [1.29, 1.82) is 0 Å². The molecule has 0 unspecified atom stereocenters. The second-order valence-electron chi connectivity index (χ2n) is 6.15. The summed E-state index contributed by atoms with van der Waals surface area (Å²) in [5.41, 5.74) is 2.39.